The average Bonchev–Trinajstić information content (AvgIpc) is 2.89. The van der Waals surface area contributed by atoms with Gasteiger partial charge in [0.2, 0.25) is 5.91 Å². The summed E-state index contributed by atoms with van der Waals surface area (Å²) < 4.78 is 12.8. The number of aliphatic hydroxyl groups is 1. The third kappa shape index (κ3) is 5.44. The molecule has 0 radical (unpaired) electrons. The van der Waals surface area contributed by atoms with Crippen LogP contribution in [0.4, 0.5) is 4.39 Å². The van der Waals surface area contributed by atoms with Gasteiger partial charge in [0, 0.05) is 19.7 Å². The Morgan fingerprint density at radius 1 is 1.38 bits per heavy atom. The number of aliphatic hydroxyl groups excluding tert-OH is 1. The fourth-order valence-corrected chi connectivity index (χ4v) is 2.73. The zero-order valence-corrected chi connectivity index (χ0v) is 12.2. The highest BCUT2D eigenvalue weighted by Gasteiger charge is 2.23. The van der Waals surface area contributed by atoms with E-state index in [0.717, 1.165) is 31.5 Å². The maximum atomic E-state index is 12.8. The number of rotatable bonds is 7. The highest BCUT2D eigenvalue weighted by atomic mass is 19.1. The van der Waals surface area contributed by atoms with E-state index in [1.165, 1.54) is 12.1 Å². The highest BCUT2D eigenvalue weighted by Crippen LogP contribution is 2.18. The lowest BCUT2D eigenvalue weighted by molar-refractivity contribution is -0.122. The number of nitrogens with zero attached hydrogens (tertiary/aromatic N) is 1. The SMILES string of the molecule is O=C(CN1CCC(CCO)C1)NCCc1ccc(F)cc1. The van der Waals surface area contributed by atoms with E-state index in [9.17, 15) is 9.18 Å². The molecule has 1 atom stereocenters. The van der Waals surface area contributed by atoms with Gasteiger partial charge in [0.15, 0.2) is 0 Å². The van der Waals surface area contributed by atoms with Crippen molar-refractivity contribution in [2.24, 2.45) is 5.92 Å². The van der Waals surface area contributed by atoms with Crippen LogP contribution in [0.2, 0.25) is 0 Å². The van der Waals surface area contributed by atoms with E-state index in [1.54, 1.807) is 12.1 Å². The van der Waals surface area contributed by atoms with E-state index < -0.39 is 0 Å². The van der Waals surface area contributed by atoms with Crippen molar-refractivity contribution >= 4 is 5.91 Å². The van der Waals surface area contributed by atoms with Gasteiger partial charge in [-0.25, -0.2) is 4.39 Å². The Balaban J connectivity index is 1.63. The van der Waals surface area contributed by atoms with Crippen LogP contribution in [-0.4, -0.2) is 48.7 Å². The summed E-state index contributed by atoms with van der Waals surface area (Å²) in [6, 6.07) is 6.34. The Hall–Kier alpha value is -1.46. The first-order chi connectivity index (χ1) is 10.2. The molecule has 1 fully saturated rings. The summed E-state index contributed by atoms with van der Waals surface area (Å²) in [6.07, 6.45) is 2.59. The van der Waals surface area contributed by atoms with Gasteiger partial charge in [-0.2, -0.15) is 0 Å². The summed E-state index contributed by atoms with van der Waals surface area (Å²) in [4.78, 5) is 14.0. The molecule has 0 aliphatic carbocycles. The lowest BCUT2D eigenvalue weighted by Gasteiger charge is -2.15. The van der Waals surface area contributed by atoms with E-state index in [4.69, 9.17) is 5.11 Å². The Morgan fingerprint density at radius 2 is 2.14 bits per heavy atom. The minimum absolute atomic E-state index is 0.0294. The Bertz CT molecular complexity index is 450. The summed E-state index contributed by atoms with van der Waals surface area (Å²) in [7, 11) is 0. The van der Waals surface area contributed by atoms with E-state index >= 15 is 0 Å². The zero-order chi connectivity index (χ0) is 15.1. The summed E-state index contributed by atoms with van der Waals surface area (Å²) >= 11 is 0. The molecule has 1 aliphatic rings. The van der Waals surface area contributed by atoms with Crippen LogP contribution in [0.1, 0.15) is 18.4 Å². The molecule has 5 heteroatoms. The van der Waals surface area contributed by atoms with E-state index in [2.05, 4.69) is 10.2 Å². The van der Waals surface area contributed by atoms with Crippen LogP contribution in [0.3, 0.4) is 0 Å². The molecule has 116 valence electrons. The van der Waals surface area contributed by atoms with Gasteiger partial charge < -0.3 is 10.4 Å². The molecule has 0 saturated carbocycles. The predicted octanol–water partition coefficient (Wildman–Crippen LogP) is 1.19. The van der Waals surface area contributed by atoms with Gasteiger partial charge in [-0.3, -0.25) is 9.69 Å². The molecule has 0 aromatic heterocycles. The molecule has 4 nitrogen and oxygen atoms in total. The molecule has 1 aromatic rings. The van der Waals surface area contributed by atoms with E-state index in [-0.39, 0.29) is 18.3 Å². The monoisotopic (exact) mass is 294 g/mol. The Morgan fingerprint density at radius 3 is 2.86 bits per heavy atom. The number of halogens is 1. The van der Waals surface area contributed by atoms with Gasteiger partial charge in [0.25, 0.3) is 0 Å². The maximum absolute atomic E-state index is 12.8. The second-order valence-electron chi connectivity index (χ2n) is 5.63. The van der Waals surface area contributed by atoms with Gasteiger partial charge in [-0.15, -0.1) is 0 Å². The number of carbonyl (C=O) groups is 1. The molecule has 2 N–H and O–H groups in total. The van der Waals surface area contributed by atoms with Gasteiger partial charge in [0.1, 0.15) is 5.82 Å². The fourth-order valence-electron chi connectivity index (χ4n) is 2.73. The summed E-state index contributed by atoms with van der Waals surface area (Å²) in [5.41, 5.74) is 1.01. The average molecular weight is 294 g/mol. The molecule has 21 heavy (non-hydrogen) atoms. The van der Waals surface area contributed by atoms with Crippen LogP contribution < -0.4 is 5.32 Å². The number of likely N-dealkylation sites (tertiary alicyclic amines) is 1. The quantitative estimate of drug-likeness (QED) is 0.794. The Kier molecular flexibility index (Phi) is 6.14. The van der Waals surface area contributed by atoms with Gasteiger partial charge in [-0.05, 0) is 49.4 Å². The molecular formula is C16H23FN2O2. The number of nitrogens with one attached hydrogen (secondary N) is 1. The minimum Gasteiger partial charge on any atom is -0.396 e. The van der Waals surface area contributed by atoms with Gasteiger partial charge >= 0.3 is 0 Å². The first-order valence-electron chi connectivity index (χ1n) is 7.51. The van der Waals surface area contributed by atoms with Crippen molar-refractivity contribution in [3.8, 4) is 0 Å². The summed E-state index contributed by atoms with van der Waals surface area (Å²) in [6.45, 7) is 3.04. The number of benzene rings is 1. The third-order valence-electron chi connectivity index (χ3n) is 3.92. The molecule has 1 aromatic carbocycles. The number of hydrogen-bond acceptors (Lipinski definition) is 3. The topological polar surface area (TPSA) is 52.6 Å². The van der Waals surface area contributed by atoms with Crippen LogP contribution in [-0.2, 0) is 11.2 Å². The lowest BCUT2D eigenvalue weighted by atomic mass is 10.1. The van der Waals surface area contributed by atoms with Crippen LogP contribution in [0, 0.1) is 11.7 Å². The van der Waals surface area contributed by atoms with Crippen LogP contribution in [0.15, 0.2) is 24.3 Å². The van der Waals surface area contributed by atoms with Crippen molar-refractivity contribution in [3.63, 3.8) is 0 Å². The number of carbonyl (C=O) groups excluding carboxylic acids is 1. The molecule has 1 amide bonds. The minimum atomic E-state index is -0.241. The van der Waals surface area contributed by atoms with Gasteiger partial charge in [0.05, 0.1) is 6.54 Å². The smallest absolute Gasteiger partial charge is 0.234 e. The first kappa shape index (κ1) is 15.9. The van der Waals surface area contributed by atoms with Gasteiger partial charge in [-0.1, -0.05) is 12.1 Å². The predicted molar refractivity (Wildman–Crippen MR) is 79.4 cm³/mol. The molecule has 2 rings (SSSR count). The third-order valence-corrected chi connectivity index (χ3v) is 3.92. The van der Waals surface area contributed by atoms with Crippen molar-refractivity contribution in [1.29, 1.82) is 0 Å². The van der Waals surface area contributed by atoms with Crippen molar-refractivity contribution < 1.29 is 14.3 Å². The zero-order valence-electron chi connectivity index (χ0n) is 12.2. The Labute approximate surface area is 125 Å². The molecule has 0 bridgehead atoms. The largest absolute Gasteiger partial charge is 0.396 e. The van der Waals surface area contributed by atoms with E-state index in [0.29, 0.717) is 25.4 Å². The second-order valence-corrected chi connectivity index (χ2v) is 5.63. The molecular weight excluding hydrogens is 271 g/mol. The molecule has 0 spiro atoms. The fraction of sp³-hybridized carbons (Fsp3) is 0.562. The maximum Gasteiger partial charge on any atom is 0.234 e. The number of hydrogen-bond donors (Lipinski definition) is 2. The van der Waals surface area contributed by atoms with E-state index in [1.807, 2.05) is 0 Å². The molecule has 1 saturated heterocycles. The molecule has 1 aliphatic heterocycles. The number of amides is 1. The second kappa shape index (κ2) is 8.10. The summed E-state index contributed by atoms with van der Waals surface area (Å²) in [5, 5.41) is 11.8. The van der Waals surface area contributed by atoms with Crippen molar-refractivity contribution in [1.82, 2.24) is 10.2 Å². The van der Waals surface area contributed by atoms with Crippen LogP contribution >= 0.6 is 0 Å². The van der Waals surface area contributed by atoms with Crippen molar-refractivity contribution in [3.05, 3.63) is 35.6 Å². The van der Waals surface area contributed by atoms with Crippen molar-refractivity contribution in [2.75, 3.05) is 32.8 Å². The first-order valence-corrected chi connectivity index (χ1v) is 7.51. The van der Waals surface area contributed by atoms with Crippen molar-refractivity contribution in [2.45, 2.75) is 19.3 Å². The molecule has 1 heterocycles. The molecule has 1 unspecified atom stereocenters. The highest BCUT2D eigenvalue weighted by molar-refractivity contribution is 5.78. The normalized spacial score (nSPS) is 18.9. The standard InChI is InChI=1S/C16H23FN2O2/c17-15-3-1-13(2-4-15)5-8-18-16(21)12-19-9-6-14(11-19)7-10-20/h1-4,14,20H,5-12H2,(H,18,21). The van der Waals surface area contributed by atoms with Crippen LogP contribution in [0.25, 0.3) is 0 Å². The summed E-state index contributed by atoms with van der Waals surface area (Å²) in [5.74, 6) is 0.304. The van der Waals surface area contributed by atoms with Crippen LogP contribution in [0.5, 0.6) is 0 Å². The lowest BCUT2D eigenvalue weighted by Crippen LogP contribution is -2.37.